The highest BCUT2D eigenvalue weighted by molar-refractivity contribution is 6.11. The van der Waals surface area contributed by atoms with E-state index in [9.17, 15) is 19.2 Å². The number of nitrogens with one attached hydrogen (secondary N) is 2. The molecule has 2 aromatic rings. The molecule has 1 spiro atoms. The molecule has 1 atom stereocenters. The minimum atomic E-state index is -0.917. The van der Waals surface area contributed by atoms with Crippen LogP contribution in [0.25, 0.3) is 0 Å². The van der Waals surface area contributed by atoms with Gasteiger partial charge in [-0.3, -0.25) is 14.4 Å². The van der Waals surface area contributed by atoms with E-state index in [1.165, 1.54) is 6.07 Å². The third-order valence-electron chi connectivity index (χ3n) is 5.89. The summed E-state index contributed by atoms with van der Waals surface area (Å²) in [4.78, 5) is 50.7. The molecule has 4 amide bonds. The molecule has 1 saturated carbocycles. The summed E-state index contributed by atoms with van der Waals surface area (Å²) in [6.45, 7) is 1.98. The first-order valence-corrected chi connectivity index (χ1v) is 10.1. The first-order valence-electron chi connectivity index (χ1n) is 10.1. The standard InChI is InChI=1S/C22H24N4O4/c1-15(26-20(29)22(24-21(26)30)11-3-4-12-22)19(28)23-17-9-7-16(8-10-17)14-25-13-5-2-6-18(25)27/h2,5-10,13,15H,3-4,11-12,14H2,1H3,(H,23,28)(H,24,30). The fourth-order valence-corrected chi connectivity index (χ4v) is 4.16. The molecule has 2 aliphatic rings. The van der Waals surface area contributed by atoms with Crippen LogP contribution < -0.4 is 16.2 Å². The molecule has 1 aromatic heterocycles. The van der Waals surface area contributed by atoms with Crippen molar-refractivity contribution in [1.82, 2.24) is 14.8 Å². The SMILES string of the molecule is CC(C(=O)Nc1ccc(Cn2ccccc2=O)cc1)N1C(=O)NC2(CCCC2)C1=O. The van der Waals surface area contributed by atoms with Crippen molar-refractivity contribution in [3.05, 3.63) is 64.6 Å². The Morgan fingerprint density at radius 2 is 1.80 bits per heavy atom. The Kier molecular flexibility index (Phi) is 5.15. The maximum Gasteiger partial charge on any atom is 0.325 e. The monoisotopic (exact) mass is 408 g/mol. The van der Waals surface area contributed by atoms with Gasteiger partial charge in [-0.25, -0.2) is 9.69 Å². The van der Waals surface area contributed by atoms with Crippen LogP contribution in [0.1, 0.15) is 38.2 Å². The Morgan fingerprint density at radius 1 is 1.10 bits per heavy atom. The second-order valence-corrected chi connectivity index (χ2v) is 7.92. The van der Waals surface area contributed by atoms with Gasteiger partial charge < -0.3 is 15.2 Å². The first-order chi connectivity index (χ1) is 14.4. The van der Waals surface area contributed by atoms with Crippen LogP contribution >= 0.6 is 0 Å². The summed E-state index contributed by atoms with van der Waals surface area (Å²) >= 11 is 0. The second kappa shape index (κ2) is 7.78. The van der Waals surface area contributed by atoms with Gasteiger partial charge in [-0.15, -0.1) is 0 Å². The average molecular weight is 408 g/mol. The molecule has 8 nitrogen and oxygen atoms in total. The van der Waals surface area contributed by atoms with Crippen LogP contribution in [0.4, 0.5) is 10.5 Å². The van der Waals surface area contributed by atoms with Gasteiger partial charge in [0, 0.05) is 18.0 Å². The van der Waals surface area contributed by atoms with Crippen molar-refractivity contribution in [2.75, 3.05) is 5.32 Å². The third kappa shape index (κ3) is 3.60. The summed E-state index contributed by atoms with van der Waals surface area (Å²) in [5.74, 6) is -0.739. The van der Waals surface area contributed by atoms with Gasteiger partial charge in [0.1, 0.15) is 11.6 Å². The summed E-state index contributed by atoms with van der Waals surface area (Å²) in [5, 5.41) is 5.55. The molecule has 30 heavy (non-hydrogen) atoms. The molecule has 2 N–H and O–H groups in total. The van der Waals surface area contributed by atoms with Crippen LogP contribution in [-0.2, 0) is 16.1 Å². The minimum absolute atomic E-state index is 0.0858. The zero-order valence-corrected chi connectivity index (χ0v) is 16.8. The maximum atomic E-state index is 12.8. The number of hydrogen-bond acceptors (Lipinski definition) is 4. The Balaban J connectivity index is 1.41. The fourth-order valence-electron chi connectivity index (χ4n) is 4.16. The van der Waals surface area contributed by atoms with E-state index < -0.39 is 23.5 Å². The highest BCUT2D eigenvalue weighted by Crippen LogP contribution is 2.35. The van der Waals surface area contributed by atoms with E-state index in [0.29, 0.717) is 25.1 Å². The molecule has 0 bridgehead atoms. The lowest BCUT2D eigenvalue weighted by atomic mass is 9.97. The van der Waals surface area contributed by atoms with Crippen LogP contribution in [0.15, 0.2) is 53.5 Å². The van der Waals surface area contributed by atoms with Crippen LogP contribution in [0.3, 0.4) is 0 Å². The number of amides is 4. The molecule has 1 aliphatic heterocycles. The lowest BCUT2D eigenvalue weighted by Crippen LogP contribution is -2.48. The van der Waals surface area contributed by atoms with E-state index in [0.717, 1.165) is 23.3 Å². The Morgan fingerprint density at radius 3 is 2.47 bits per heavy atom. The number of carbonyl (C=O) groups is 3. The molecule has 2 heterocycles. The van der Waals surface area contributed by atoms with Crippen molar-refractivity contribution >= 4 is 23.5 Å². The van der Waals surface area contributed by atoms with E-state index in [-0.39, 0.29) is 11.5 Å². The maximum absolute atomic E-state index is 12.8. The van der Waals surface area contributed by atoms with Crippen molar-refractivity contribution in [2.24, 2.45) is 0 Å². The zero-order chi connectivity index (χ0) is 21.3. The van der Waals surface area contributed by atoms with E-state index in [2.05, 4.69) is 10.6 Å². The molecule has 0 radical (unpaired) electrons. The van der Waals surface area contributed by atoms with Gasteiger partial charge in [0.15, 0.2) is 0 Å². The second-order valence-electron chi connectivity index (χ2n) is 7.92. The van der Waals surface area contributed by atoms with Crippen LogP contribution in [0, 0.1) is 0 Å². The van der Waals surface area contributed by atoms with Crippen molar-refractivity contribution in [1.29, 1.82) is 0 Å². The largest absolute Gasteiger partial charge is 0.325 e. The van der Waals surface area contributed by atoms with Gasteiger partial charge in [0.25, 0.3) is 11.5 Å². The van der Waals surface area contributed by atoms with Crippen LogP contribution in [0.2, 0.25) is 0 Å². The van der Waals surface area contributed by atoms with Crippen LogP contribution in [-0.4, -0.2) is 38.9 Å². The van der Waals surface area contributed by atoms with E-state index in [4.69, 9.17) is 0 Å². The predicted octanol–water partition coefficient (Wildman–Crippen LogP) is 2.09. The van der Waals surface area contributed by atoms with Gasteiger partial charge in [-0.1, -0.05) is 31.0 Å². The summed E-state index contributed by atoms with van der Waals surface area (Å²) < 4.78 is 1.59. The molecule has 2 fully saturated rings. The number of anilines is 1. The van der Waals surface area contributed by atoms with E-state index in [1.54, 1.807) is 42.0 Å². The van der Waals surface area contributed by atoms with Crippen molar-refractivity contribution < 1.29 is 14.4 Å². The lowest BCUT2D eigenvalue weighted by Gasteiger charge is -2.23. The number of aromatic nitrogens is 1. The summed E-state index contributed by atoms with van der Waals surface area (Å²) in [6, 6.07) is 10.7. The van der Waals surface area contributed by atoms with Gasteiger partial charge in [0.05, 0.1) is 6.54 Å². The highest BCUT2D eigenvalue weighted by Gasteiger charge is 2.54. The molecule has 1 unspecified atom stereocenters. The zero-order valence-electron chi connectivity index (χ0n) is 16.8. The average Bonchev–Trinajstić information content (AvgIpc) is 3.29. The van der Waals surface area contributed by atoms with Crippen molar-refractivity contribution in [2.45, 2.75) is 50.7 Å². The third-order valence-corrected chi connectivity index (χ3v) is 5.89. The number of benzene rings is 1. The molecule has 1 saturated heterocycles. The Labute approximate surface area is 173 Å². The quantitative estimate of drug-likeness (QED) is 0.740. The Hall–Kier alpha value is -3.42. The molecule has 156 valence electrons. The lowest BCUT2D eigenvalue weighted by molar-refractivity contribution is -0.136. The molecular formula is C22H24N4O4. The number of rotatable bonds is 5. The molecular weight excluding hydrogens is 384 g/mol. The van der Waals surface area contributed by atoms with Crippen molar-refractivity contribution in [3.8, 4) is 0 Å². The smallest absolute Gasteiger partial charge is 0.324 e. The van der Waals surface area contributed by atoms with Gasteiger partial charge in [0.2, 0.25) is 5.91 Å². The molecule has 4 rings (SSSR count). The topological polar surface area (TPSA) is 101 Å². The summed E-state index contributed by atoms with van der Waals surface area (Å²) in [5.41, 5.74) is 0.547. The van der Waals surface area contributed by atoms with Gasteiger partial charge in [-0.2, -0.15) is 0 Å². The number of urea groups is 1. The fraction of sp³-hybridized carbons (Fsp3) is 0.364. The number of carbonyl (C=O) groups excluding carboxylic acids is 3. The molecule has 1 aliphatic carbocycles. The number of hydrogen-bond donors (Lipinski definition) is 2. The highest BCUT2D eigenvalue weighted by atomic mass is 16.2. The Bertz CT molecular complexity index is 1040. The predicted molar refractivity (Wildman–Crippen MR) is 111 cm³/mol. The molecule has 1 aromatic carbocycles. The summed E-state index contributed by atoms with van der Waals surface area (Å²) in [7, 11) is 0. The number of imide groups is 1. The van der Waals surface area contributed by atoms with E-state index in [1.807, 2.05) is 12.1 Å². The molecule has 8 heteroatoms. The number of nitrogens with zero attached hydrogens (tertiary/aromatic N) is 2. The van der Waals surface area contributed by atoms with E-state index >= 15 is 0 Å². The minimum Gasteiger partial charge on any atom is -0.324 e. The van der Waals surface area contributed by atoms with Gasteiger partial charge >= 0.3 is 6.03 Å². The summed E-state index contributed by atoms with van der Waals surface area (Å²) in [6.07, 6.45) is 4.74. The van der Waals surface area contributed by atoms with Crippen LogP contribution in [0.5, 0.6) is 0 Å². The van der Waals surface area contributed by atoms with Crippen molar-refractivity contribution in [3.63, 3.8) is 0 Å². The van der Waals surface area contributed by atoms with Gasteiger partial charge in [-0.05, 0) is 43.5 Å². The number of pyridine rings is 1. The normalized spacial score (nSPS) is 18.5. The first kappa shape index (κ1) is 19.9.